The highest BCUT2D eigenvalue weighted by molar-refractivity contribution is 9.10. The summed E-state index contributed by atoms with van der Waals surface area (Å²) in [6, 6.07) is 13.7. The number of hydrogen-bond donors (Lipinski definition) is 0. The minimum absolute atomic E-state index is 0.185. The van der Waals surface area contributed by atoms with Gasteiger partial charge in [-0.15, -0.1) is 0 Å². The van der Waals surface area contributed by atoms with Crippen molar-refractivity contribution in [3.63, 3.8) is 0 Å². The highest BCUT2D eigenvalue weighted by Crippen LogP contribution is 2.38. The summed E-state index contributed by atoms with van der Waals surface area (Å²) in [6.07, 6.45) is 0.409. The SMILES string of the molecule is CC[C@@H](C(=O)c1ccc(Cl)cc1)[C@H](c1ccc(Br)cc1)C(C(=O)OC)C(=O)OC. The number of ketones is 1. The molecule has 0 bridgehead atoms. The van der Waals surface area contributed by atoms with Crippen molar-refractivity contribution in [3.8, 4) is 0 Å². The van der Waals surface area contributed by atoms with Crippen molar-refractivity contribution in [1.82, 2.24) is 0 Å². The molecule has 0 N–H and O–H groups in total. The number of carbonyl (C=O) groups excluding carboxylic acids is 3. The third-order valence-corrected chi connectivity index (χ3v) is 5.64. The van der Waals surface area contributed by atoms with Gasteiger partial charge in [0.2, 0.25) is 0 Å². The van der Waals surface area contributed by atoms with Crippen LogP contribution in [0.15, 0.2) is 53.0 Å². The largest absolute Gasteiger partial charge is 0.468 e. The molecule has 154 valence electrons. The summed E-state index contributed by atoms with van der Waals surface area (Å²) < 4.78 is 10.6. The Kier molecular flexibility index (Phi) is 8.41. The van der Waals surface area contributed by atoms with Crippen molar-refractivity contribution in [2.45, 2.75) is 19.3 Å². The average molecular weight is 482 g/mol. The zero-order chi connectivity index (χ0) is 21.6. The lowest BCUT2D eigenvalue weighted by Crippen LogP contribution is -2.38. The van der Waals surface area contributed by atoms with Crippen molar-refractivity contribution < 1.29 is 23.9 Å². The van der Waals surface area contributed by atoms with Gasteiger partial charge in [0, 0.05) is 26.9 Å². The lowest BCUT2D eigenvalue weighted by Gasteiger charge is -2.30. The van der Waals surface area contributed by atoms with E-state index < -0.39 is 29.7 Å². The van der Waals surface area contributed by atoms with Gasteiger partial charge in [-0.25, -0.2) is 0 Å². The van der Waals surface area contributed by atoms with Crippen molar-refractivity contribution in [3.05, 3.63) is 69.2 Å². The first-order valence-corrected chi connectivity index (χ1v) is 10.2. The summed E-state index contributed by atoms with van der Waals surface area (Å²) in [7, 11) is 2.41. The summed E-state index contributed by atoms with van der Waals surface area (Å²) in [6.45, 7) is 1.84. The van der Waals surface area contributed by atoms with E-state index in [4.69, 9.17) is 21.1 Å². The van der Waals surface area contributed by atoms with Gasteiger partial charge >= 0.3 is 11.9 Å². The molecule has 0 spiro atoms. The van der Waals surface area contributed by atoms with Crippen LogP contribution in [-0.4, -0.2) is 31.9 Å². The fourth-order valence-electron chi connectivity index (χ4n) is 3.42. The standard InChI is InChI=1S/C22H22BrClO5/c1-4-17(20(25)14-7-11-16(24)12-8-14)18(13-5-9-15(23)10-6-13)19(21(26)28-2)22(27)29-3/h5-12,17-19H,4H2,1-3H3/t17-,18+/m1/s1. The molecule has 0 aliphatic carbocycles. The molecule has 0 fully saturated rings. The van der Waals surface area contributed by atoms with Gasteiger partial charge in [-0.3, -0.25) is 14.4 Å². The monoisotopic (exact) mass is 480 g/mol. The number of rotatable bonds is 8. The summed E-state index contributed by atoms with van der Waals surface area (Å²) in [4.78, 5) is 38.5. The van der Waals surface area contributed by atoms with Crippen LogP contribution in [0.1, 0.15) is 35.2 Å². The van der Waals surface area contributed by atoms with Gasteiger partial charge in [0.1, 0.15) is 0 Å². The Balaban J connectivity index is 2.60. The minimum atomic E-state index is -1.27. The first-order chi connectivity index (χ1) is 13.8. The van der Waals surface area contributed by atoms with Crippen LogP contribution in [0.3, 0.4) is 0 Å². The van der Waals surface area contributed by atoms with Gasteiger partial charge in [0.05, 0.1) is 14.2 Å². The molecule has 29 heavy (non-hydrogen) atoms. The van der Waals surface area contributed by atoms with Gasteiger partial charge in [-0.05, 0) is 48.4 Å². The number of esters is 2. The van der Waals surface area contributed by atoms with Gasteiger partial charge in [0.25, 0.3) is 0 Å². The highest BCUT2D eigenvalue weighted by atomic mass is 79.9. The summed E-state index contributed by atoms with van der Waals surface area (Å²) in [5.74, 6) is -4.35. The van der Waals surface area contributed by atoms with Gasteiger partial charge in [0.15, 0.2) is 11.7 Å². The van der Waals surface area contributed by atoms with E-state index in [9.17, 15) is 14.4 Å². The maximum absolute atomic E-state index is 13.3. The summed E-state index contributed by atoms with van der Waals surface area (Å²) in [5, 5.41) is 0.515. The lowest BCUT2D eigenvalue weighted by atomic mass is 9.72. The Morgan fingerprint density at radius 2 is 1.45 bits per heavy atom. The van der Waals surface area contributed by atoms with Crippen molar-refractivity contribution in [1.29, 1.82) is 0 Å². The number of ether oxygens (including phenoxy) is 2. The van der Waals surface area contributed by atoms with Crippen LogP contribution in [0.4, 0.5) is 0 Å². The lowest BCUT2D eigenvalue weighted by molar-refractivity contribution is -0.160. The fraction of sp³-hybridized carbons (Fsp3) is 0.318. The number of carbonyl (C=O) groups is 3. The third-order valence-electron chi connectivity index (χ3n) is 4.86. The molecule has 2 rings (SSSR count). The zero-order valence-corrected chi connectivity index (χ0v) is 18.7. The average Bonchev–Trinajstić information content (AvgIpc) is 2.73. The molecule has 2 atom stereocenters. The third kappa shape index (κ3) is 5.46. The topological polar surface area (TPSA) is 69.7 Å². The van der Waals surface area contributed by atoms with E-state index in [-0.39, 0.29) is 5.78 Å². The predicted molar refractivity (Wildman–Crippen MR) is 114 cm³/mol. The Hall–Kier alpha value is -2.18. The molecule has 0 saturated carbocycles. The molecule has 5 nitrogen and oxygen atoms in total. The second-order valence-electron chi connectivity index (χ2n) is 6.49. The fourth-order valence-corrected chi connectivity index (χ4v) is 3.81. The van der Waals surface area contributed by atoms with Gasteiger partial charge in [-0.2, -0.15) is 0 Å². The molecule has 2 aromatic carbocycles. The Morgan fingerprint density at radius 3 is 1.90 bits per heavy atom. The Labute approximate surface area is 183 Å². The number of halogens is 2. The van der Waals surface area contributed by atoms with Crippen molar-refractivity contribution >= 4 is 45.3 Å². The number of Topliss-reactive ketones (excluding diaryl/α,β-unsaturated/α-hetero) is 1. The molecule has 0 saturated heterocycles. The Morgan fingerprint density at radius 1 is 0.931 bits per heavy atom. The van der Waals surface area contributed by atoms with E-state index in [1.54, 1.807) is 48.5 Å². The van der Waals surface area contributed by atoms with Crippen LogP contribution in [-0.2, 0) is 19.1 Å². The second-order valence-corrected chi connectivity index (χ2v) is 7.84. The summed E-state index contributed by atoms with van der Waals surface area (Å²) in [5.41, 5.74) is 1.13. The van der Waals surface area contributed by atoms with Crippen LogP contribution in [0.25, 0.3) is 0 Å². The molecule has 0 amide bonds. The van der Waals surface area contributed by atoms with Crippen molar-refractivity contribution in [2.75, 3.05) is 14.2 Å². The quantitative estimate of drug-likeness (QED) is 0.299. The van der Waals surface area contributed by atoms with E-state index in [1.807, 2.05) is 6.92 Å². The van der Waals surface area contributed by atoms with E-state index in [0.29, 0.717) is 22.6 Å². The number of hydrogen-bond acceptors (Lipinski definition) is 5. The highest BCUT2D eigenvalue weighted by Gasteiger charge is 2.44. The first kappa shape index (κ1) is 23.1. The molecule has 0 heterocycles. The van der Waals surface area contributed by atoms with Crippen LogP contribution in [0, 0.1) is 11.8 Å². The van der Waals surface area contributed by atoms with Crippen LogP contribution < -0.4 is 0 Å². The van der Waals surface area contributed by atoms with E-state index in [1.165, 1.54) is 14.2 Å². The zero-order valence-electron chi connectivity index (χ0n) is 16.4. The van der Waals surface area contributed by atoms with E-state index in [0.717, 1.165) is 4.47 Å². The van der Waals surface area contributed by atoms with E-state index >= 15 is 0 Å². The maximum atomic E-state index is 13.3. The number of benzene rings is 2. The second kappa shape index (κ2) is 10.6. The normalized spacial score (nSPS) is 12.9. The first-order valence-electron chi connectivity index (χ1n) is 9.04. The predicted octanol–water partition coefficient (Wildman–Crippen LogP) is 5.06. The molecule has 0 unspecified atom stereocenters. The smallest absolute Gasteiger partial charge is 0.320 e. The van der Waals surface area contributed by atoms with Crippen LogP contribution >= 0.6 is 27.5 Å². The van der Waals surface area contributed by atoms with Crippen LogP contribution in [0.2, 0.25) is 5.02 Å². The number of methoxy groups -OCH3 is 2. The molecule has 0 aliphatic rings. The molecule has 2 aromatic rings. The molecular weight excluding hydrogens is 460 g/mol. The molecular formula is C22H22BrClO5. The molecule has 7 heteroatoms. The minimum Gasteiger partial charge on any atom is -0.468 e. The van der Waals surface area contributed by atoms with Gasteiger partial charge in [-0.1, -0.05) is 46.6 Å². The van der Waals surface area contributed by atoms with Crippen molar-refractivity contribution in [2.24, 2.45) is 11.8 Å². The van der Waals surface area contributed by atoms with E-state index in [2.05, 4.69) is 15.9 Å². The van der Waals surface area contributed by atoms with Gasteiger partial charge < -0.3 is 9.47 Å². The molecule has 0 radical (unpaired) electrons. The molecule has 0 aliphatic heterocycles. The summed E-state index contributed by atoms with van der Waals surface area (Å²) >= 11 is 9.32. The molecule has 0 aromatic heterocycles. The Bertz CT molecular complexity index is 848. The maximum Gasteiger partial charge on any atom is 0.320 e. The van der Waals surface area contributed by atoms with Crippen LogP contribution in [0.5, 0.6) is 0 Å².